The van der Waals surface area contributed by atoms with Crippen molar-refractivity contribution in [1.82, 2.24) is 10.2 Å². The molecule has 2 nitrogen and oxygen atoms in total. The van der Waals surface area contributed by atoms with E-state index in [2.05, 4.69) is 17.1 Å². The van der Waals surface area contributed by atoms with Crippen LogP contribution in [0, 0.1) is 5.82 Å². The van der Waals surface area contributed by atoms with Gasteiger partial charge in [-0.05, 0) is 18.6 Å². The van der Waals surface area contributed by atoms with Gasteiger partial charge >= 0.3 is 0 Å². The van der Waals surface area contributed by atoms with E-state index in [0.717, 1.165) is 25.2 Å². The Bertz CT molecular complexity index is 412. The molecule has 0 spiro atoms. The molecule has 1 aliphatic rings. The third-order valence-corrected chi connectivity index (χ3v) is 4.03. The van der Waals surface area contributed by atoms with Crippen molar-refractivity contribution < 1.29 is 4.39 Å². The molecule has 0 bridgehead atoms. The largest absolute Gasteiger partial charge is 0.314 e. The normalized spacial score (nSPS) is 21.8. The Morgan fingerprint density at radius 1 is 1.41 bits per heavy atom. The molecule has 94 valence electrons. The number of halogens is 3. The Morgan fingerprint density at radius 2 is 2.18 bits per heavy atom. The molecule has 1 aliphatic heterocycles. The Hall–Kier alpha value is -0.350. The van der Waals surface area contributed by atoms with Crippen LogP contribution in [0.25, 0.3) is 0 Å². The average molecular weight is 277 g/mol. The van der Waals surface area contributed by atoms with Crippen molar-refractivity contribution in [2.75, 3.05) is 19.6 Å². The SMILES string of the molecule is CC1CNCCN1Cc1ccc(F)c(Cl)c1Cl. The van der Waals surface area contributed by atoms with Gasteiger partial charge in [0.15, 0.2) is 0 Å². The maximum atomic E-state index is 13.2. The van der Waals surface area contributed by atoms with Crippen molar-refractivity contribution in [2.24, 2.45) is 0 Å². The van der Waals surface area contributed by atoms with Crippen molar-refractivity contribution in [3.8, 4) is 0 Å². The van der Waals surface area contributed by atoms with Crippen molar-refractivity contribution in [1.29, 1.82) is 0 Å². The molecule has 1 aromatic carbocycles. The van der Waals surface area contributed by atoms with Crippen LogP contribution in [-0.2, 0) is 6.54 Å². The van der Waals surface area contributed by atoms with Crippen LogP contribution in [0.5, 0.6) is 0 Å². The lowest BCUT2D eigenvalue weighted by atomic mass is 10.1. The first-order valence-electron chi connectivity index (χ1n) is 5.66. The van der Waals surface area contributed by atoms with Crippen LogP contribution in [0.1, 0.15) is 12.5 Å². The highest BCUT2D eigenvalue weighted by atomic mass is 35.5. The average Bonchev–Trinajstić information content (AvgIpc) is 2.32. The van der Waals surface area contributed by atoms with Crippen LogP contribution >= 0.6 is 23.2 Å². The fraction of sp³-hybridized carbons (Fsp3) is 0.500. The van der Waals surface area contributed by atoms with E-state index in [1.165, 1.54) is 6.07 Å². The monoisotopic (exact) mass is 276 g/mol. The number of benzene rings is 1. The Balaban J connectivity index is 2.15. The third-order valence-electron chi connectivity index (χ3n) is 3.13. The molecule has 1 atom stereocenters. The molecule has 5 heteroatoms. The van der Waals surface area contributed by atoms with Crippen LogP contribution in [0.3, 0.4) is 0 Å². The molecule has 0 aliphatic carbocycles. The minimum Gasteiger partial charge on any atom is -0.314 e. The van der Waals surface area contributed by atoms with Crippen molar-refractivity contribution in [3.05, 3.63) is 33.6 Å². The van der Waals surface area contributed by atoms with Gasteiger partial charge in [-0.15, -0.1) is 0 Å². The van der Waals surface area contributed by atoms with Gasteiger partial charge in [-0.1, -0.05) is 29.3 Å². The summed E-state index contributed by atoms with van der Waals surface area (Å²) in [7, 11) is 0. The second kappa shape index (κ2) is 5.53. The summed E-state index contributed by atoms with van der Waals surface area (Å²) in [5, 5.41) is 3.68. The summed E-state index contributed by atoms with van der Waals surface area (Å²) in [6, 6.07) is 3.53. The lowest BCUT2D eigenvalue weighted by Crippen LogP contribution is -2.49. The molecule has 1 N–H and O–H groups in total. The molecule has 17 heavy (non-hydrogen) atoms. The summed E-state index contributed by atoms with van der Waals surface area (Å²) in [6.07, 6.45) is 0. The molecule has 1 saturated heterocycles. The van der Waals surface area contributed by atoms with Crippen LogP contribution in [0.15, 0.2) is 12.1 Å². The third kappa shape index (κ3) is 2.91. The van der Waals surface area contributed by atoms with Gasteiger partial charge in [0.1, 0.15) is 5.82 Å². The van der Waals surface area contributed by atoms with Crippen molar-refractivity contribution >= 4 is 23.2 Å². The molecule has 1 aromatic rings. The fourth-order valence-electron chi connectivity index (χ4n) is 2.02. The smallest absolute Gasteiger partial charge is 0.143 e. The van der Waals surface area contributed by atoms with Gasteiger partial charge in [-0.3, -0.25) is 4.90 Å². The number of hydrogen-bond donors (Lipinski definition) is 1. The molecule has 0 aromatic heterocycles. The van der Waals surface area contributed by atoms with Crippen LogP contribution in [0.2, 0.25) is 10.0 Å². The van der Waals surface area contributed by atoms with E-state index in [4.69, 9.17) is 23.2 Å². The zero-order valence-corrected chi connectivity index (χ0v) is 11.2. The van der Waals surface area contributed by atoms with Gasteiger partial charge in [0.2, 0.25) is 0 Å². The Labute approximate surface area is 111 Å². The van der Waals surface area contributed by atoms with Crippen molar-refractivity contribution in [3.63, 3.8) is 0 Å². The molecule has 1 unspecified atom stereocenters. The maximum Gasteiger partial charge on any atom is 0.143 e. The van der Waals surface area contributed by atoms with Gasteiger partial charge in [0, 0.05) is 32.2 Å². The second-order valence-corrected chi connectivity index (χ2v) is 5.11. The number of rotatable bonds is 2. The lowest BCUT2D eigenvalue weighted by Gasteiger charge is -2.34. The first-order chi connectivity index (χ1) is 8.09. The van der Waals surface area contributed by atoms with Gasteiger partial charge in [0.05, 0.1) is 10.0 Å². The van der Waals surface area contributed by atoms with E-state index in [1.54, 1.807) is 6.07 Å². The zero-order chi connectivity index (χ0) is 12.4. The van der Waals surface area contributed by atoms with Crippen LogP contribution in [-0.4, -0.2) is 30.6 Å². The van der Waals surface area contributed by atoms with Gasteiger partial charge < -0.3 is 5.32 Å². The Morgan fingerprint density at radius 3 is 2.88 bits per heavy atom. The summed E-state index contributed by atoms with van der Waals surface area (Å²) >= 11 is 11.9. The van der Waals surface area contributed by atoms with Crippen LogP contribution in [0.4, 0.5) is 4.39 Å². The lowest BCUT2D eigenvalue weighted by molar-refractivity contribution is 0.165. The topological polar surface area (TPSA) is 15.3 Å². The quantitative estimate of drug-likeness (QED) is 0.836. The standard InChI is InChI=1S/C12H15Cl2FN2/c1-8-6-16-4-5-17(8)7-9-2-3-10(15)12(14)11(9)13/h2-3,8,16H,4-7H2,1H3. The minimum atomic E-state index is -0.464. The minimum absolute atomic E-state index is 0.0203. The van der Waals surface area contributed by atoms with Gasteiger partial charge in [-0.25, -0.2) is 4.39 Å². The van der Waals surface area contributed by atoms with E-state index < -0.39 is 5.82 Å². The fourth-order valence-corrected chi connectivity index (χ4v) is 2.42. The molecule has 0 radical (unpaired) electrons. The molecule has 1 fully saturated rings. The highest BCUT2D eigenvalue weighted by Gasteiger charge is 2.20. The zero-order valence-electron chi connectivity index (χ0n) is 9.64. The molecule has 0 amide bonds. The van der Waals surface area contributed by atoms with Gasteiger partial charge in [-0.2, -0.15) is 0 Å². The van der Waals surface area contributed by atoms with Gasteiger partial charge in [0.25, 0.3) is 0 Å². The van der Waals surface area contributed by atoms with Crippen LogP contribution < -0.4 is 5.32 Å². The predicted molar refractivity (Wildman–Crippen MR) is 69.2 cm³/mol. The summed E-state index contributed by atoms with van der Waals surface area (Å²) in [6.45, 7) is 5.77. The summed E-state index contributed by atoms with van der Waals surface area (Å²) in [5.41, 5.74) is 0.881. The second-order valence-electron chi connectivity index (χ2n) is 4.36. The summed E-state index contributed by atoms with van der Waals surface area (Å²) in [4.78, 5) is 2.31. The predicted octanol–water partition coefficient (Wildman–Crippen LogP) is 2.93. The molecule has 1 heterocycles. The van der Waals surface area contributed by atoms with E-state index in [-0.39, 0.29) is 5.02 Å². The molecular formula is C12H15Cl2FN2. The first kappa shape index (κ1) is 13.1. The van der Waals surface area contributed by atoms with E-state index >= 15 is 0 Å². The number of nitrogens with zero attached hydrogens (tertiary/aromatic N) is 1. The molecule has 0 saturated carbocycles. The summed E-state index contributed by atoms with van der Waals surface area (Å²) < 4.78 is 13.2. The van der Waals surface area contributed by atoms with E-state index in [1.807, 2.05) is 0 Å². The molecule has 2 rings (SSSR count). The first-order valence-corrected chi connectivity index (χ1v) is 6.42. The highest BCUT2D eigenvalue weighted by molar-refractivity contribution is 6.42. The number of hydrogen-bond acceptors (Lipinski definition) is 2. The summed E-state index contributed by atoms with van der Waals surface area (Å²) in [5.74, 6) is -0.464. The van der Waals surface area contributed by atoms with E-state index in [9.17, 15) is 4.39 Å². The molecular weight excluding hydrogens is 262 g/mol. The maximum absolute atomic E-state index is 13.2. The van der Waals surface area contributed by atoms with Crippen molar-refractivity contribution in [2.45, 2.75) is 19.5 Å². The van der Waals surface area contributed by atoms with E-state index in [0.29, 0.717) is 17.6 Å². The number of nitrogens with one attached hydrogen (secondary N) is 1. The Kier molecular flexibility index (Phi) is 4.26. The highest BCUT2D eigenvalue weighted by Crippen LogP contribution is 2.29. The number of piperazine rings is 1.